The molecular weight excluding hydrogens is 390 g/mol. The van der Waals surface area contributed by atoms with E-state index in [0.29, 0.717) is 18.9 Å². The average Bonchev–Trinajstić information content (AvgIpc) is 2.74. The van der Waals surface area contributed by atoms with Gasteiger partial charge in [-0.25, -0.2) is 18.4 Å². The first-order valence-electron chi connectivity index (χ1n) is 10.0. The lowest BCUT2D eigenvalue weighted by Crippen LogP contribution is -2.52. The van der Waals surface area contributed by atoms with Crippen LogP contribution in [0.1, 0.15) is 49.7 Å². The van der Waals surface area contributed by atoms with Gasteiger partial charge in [0, 0.05) is 25.2 Å². The van der Waals surface area contributed by atoms with E-state index in [1.54, 1.807) is 31.4 Å². The second-order valence-electron chi connectivity index (χ2n) is 7.97. The number of fused-ring (bicyclic) bond motifs is 2. The fourth-order valence-electron chi connectivity index (χ4n) is 4.10. The molecule has 1 aromatic carbocycles. The van der Waals surface area contributed by atoms with E-state index in [-0.39, 0.29) is 17.4 Å². The standard InChI is InChI=1S/C21H27N3O4S/c1-15(2)20-22-13-16-9-12-28-21(19(16)23-20)10-4-11-24(14-21)29(25,26)18-7-5-17(27-3)6-8-18/h5-8,13,15H,4,9-12,14H2,1-3H3. The summed E-state index contributed by atoms with van der Waals surface area (Å²) in [5.74, 6) is 1.59. The Hall–Kier alpha value is -2.03. The summed E-state index contributed by atoms with van der Waals surface area (Å²) in [4.78, 5) is 9.58. The number of ether oxygens (including phenoxy) is 2. The van der Waals surface area contributed by atoms with Gasteiger partial charge in [0.15, 0.2) is 0 Å². The molecule has 1 spiro atoms. The van der Waals surface area contributed by atoms with Crippen molar-refractivity contribution < 1.29 is 17.9 Å². The summed E-state index contributed by atoms with van der Waals surface area (Å²) in [6, 6.07) is 6.51. The Labute approximate surface area is 172 Å². The summed E-state index contributed by atoms with van der Waals surface area (Å²) in [7, 11) is -2.08. The molecule has 0 radical (unpaired) electrons. The second-order valence-corrected chi connectivity index (χ2v) is 9.91. The average molecular weight is 418 g/mol. The van der Waals surface area contributed by atoms with Gasteiger partial charge in [-0.1, -0.05) is 13.8 Å². The first-order chi connectivity index (χ1) is 13.9. The quantitative estimate of drug-likeness (QED) is 0.761. The highest BCUT2D eigenvalue weighted by molar-refractivity contribution is 7.89. The van der Waals surface area contributed by atoms with E-state index in [0.717, 1.165) is 36.3 Å². The number of sulfonamides is 1. The van der Waals surface area contributed by atoms with E-state index >= 15 is 0 Å². The van der Waals surface area contributed by atoms with Crippen LogP contribution in [0.3, 0.4) is 0 Å². The monoisotopic (exact) mass is 417 g/mol. The van der Waals surface area contributed by atoms with Gasteiger partial charge in [0.1, 0.15) is 17.2 Å². The fourth-order valence-corrected chi connectivity index (χ4v) is 5.62. The van der Waals surface area contributed by atoms with Gasteiger partial charge in [0.05, 0.1) is 24.3 Å². The van der Waals surface area contributed by atoms with E-state index in [4.69, 9.17) is 14.5 Å². The summed E-state index contributed by atoms with van der Waals surface area (Å²) in [6.45, 7) is 5.40. The summed E-state index contributed by atoms with van der Waals surface area (Å²) >= 11 is 0. The van der Waals surface area contributed by atoms with Gasteiger partial charge < -0.3 is 9.47 Å². The molecule has 1 saturated heterocycles. The highest BCUT2D eigenvalue weighted by Crippen LogP contribution is 2.40. The number of benzene rings is 1. The van der Waals surface area contributed by atoms with Crippen molar-refractivity contribution in [3.63, 3.8) is 0 Å². The predicted octanol–water partition coefficient (Wildman–Crippen LogP) is 2.86. The normalized spacial score (nSPS) is 22.6. The van der Waals surface area contributed by atoms with Gasteiger partial charge in [0.25, 0.3) is 0 Å². The minimum absolute atomic E-state index is 0.196. The van der Waals surface area contributed by atoms with E-state index < -0.39 is 15.6 Å². The van der Waals surface area contributed by atoms with Crippen molar-refractivity contribution in [1.29, 1.82) is 0 Å². The molecule has 4 rings (SSSR count). The molecule has 8 heteroatoms. The second kappa shape index (κ2) is 7.66. The number of hydrogen-bond acceptors (Lipinski definition) is 6. The van der Waals surface area contributed by atoms with E-state index in [2.05, 4.69) is 18.8 Å². The van der Waals surface area contributed by atoms with Crippen LogP contribution in [0.5, 0.6) is 5.75 Å². The molecule has 2 aliphatic heterocycles. The lowest BCUT2D eigenvalue weighted by Gasteiger charge is -2.44. The maximum atomic E-state index is 13.3. The van der Waals surface area contributed by atoms with Gasteiger partial charge in [-0.05, 0) is 49.1 Å². The Morgan fingerprint density at radius 2 is 2.00 bits per heavy atom. The van der Waals surface area contributed by atoms with E-state index in [1.165, 1.54) is 4.31 Å². The molecule has 156 valence electrons. The van der Waals surface area contributed by atoms with Crippen LogP contribution in [0.15, 0.2) is 35.4 Å². The number of nitrogens with zero attached hydrogens (tertiary/aromatic N) is 3. The van der Waals surface area contributed by atoms with E-state index in [1.807, 2.05) is 6.20 Å². The zero-order chi connectivity index (χ0) is 20.6. The zero-order valence-corrected chi connectivity index (χ0v) is 17.9. The highest BCUT2D eigenvalue weighted by atomic mass is 32.2. The Kier molecular flexibility index (Phi) is 5.35. The third-order valence-corrected chi connectivity index (χ3v) is 7.56. The molecule has 1 aromatic heterocycles. The van der Waals surface area contributed by atoms with Crippen LogP contribution in [-0.4, -0.2) is 49.5 Å². The molecular formula is C21H27N3O4S. The molecule has 1 atom stereocenters. The van der Waals surface area contributed by atoms with Gasteiger partial charge in [-0.2, -0.15) is 4.31 Å². The first kappa shape index (κ1) is 20.3. The molecule has 0 N–H and O–H groups in total. The molecule has 29 heavy (non-hydrogen) atoms. The summed E-state index contributed by atoms with van der Waals surface area (Å²) in [6.07, 6.45) is 4.11. The van der Waals surface area contributed by atoms with Crippen molar-refractivity contribution in [2.24, 2.45) is 0 Å². The van der Waals surface area contributed by atoms with Gasteiger partial charge in [0.2, 0.25) is 10.0 Å². The molecule has 0 amide bonds. The third kappa shape index (κ3) is 3.65. The highest BCUT2D eigenvalue weighted by Gasteiger charge is 2.46. The SMILES string of the molecule is COc1ccc(S(=O)(=O)N2CCCC3(C2)OCCc2cnc(C(C)C)nc23)cc1. The molecule has 0 saturated carbocycles. The van der Waals surface area contributed by atoms with Crippen LogP contribution in [-0.2, 0) is 26.8 Å². The Morgan fingerprint density at radius 1 is 1.24 bits per heavy atom. The first-order valence-corrected chi connectivity index (χ1v) is 11.4. The molecule has 2 aliphatic rings. The number of rotatable bonds is 4. The van der Waals surface area contributed by atoms with Crippen LogP contribution in [0, 0.1) is 0 Å². The number of aromatic nitrogens is 2. The molecule has 2 aromatic rings. The topological polar surface area (TPSA) is 81.6 Å². The molecule has 0 aliphatic carbocycles. The largest absolute Gasteiger partial charge is 0.497 e. The molecule has 7 nitrogen and oxygen atoms in total. The van der Waals surface area contributed by atoms with Gasteiger partial charge in [-0.3, -0.25) is 0 Å². The maximum Gasteiger partial charge on any atom is 0.243 e. The molecule has 1 fully saturated rings. The van der Waals surface area contributed by atoms with Crippen LogP contribution in [0.2, 0.25) is 0 Å². The number of methoxy groups -OCH3 is 1. The number of hydrogen-bond donors (Lipinski definition) is 0. The zero-order valence-electron chi connectivity index (χ0n) is 17.1. The van der Waals surface area contributed by atoms with E-state index in [9.17, 15) is 8.42 Å². The van der Waals surface area contributed by atoms with Crippen LogP contribution >= 0.6 is 0 Å². The van der Waals surface area contributed by atoms with Crippen molar-refractivity contribution in [3.8, 4) is 5.75 Å². The van der Waals surface area contributed by atoms with Crippen LogP contribution in [0.4, 0.5) is 0 Å². The summed E-state index contributed by atoms with van der Waals surface area (Å²) < 4.78 is 39.5. The summed E-state index contributed by atoms with van der Waals surface area (Å²) in [5, 5.41) is 0. The third-order valence-electron chi connectivity index (χ3n) is 5.70. The van der Waals surface area contributed by atoms with Crippen molar-refractivity contribution in [3.05, 3.63) is 47.5 Å². The van der Waals surface area contributed by atoms with Gasteiger partial charge >= 0.3 is 0 Å². The van der Waals surface area contributed by atoms with Crippen LogP contribution < -0.4 is 4.74 Å². The fraction of sp³-hybridized carbons (Fsp3) is 0.524. The number of piperidine rings is 1. The van der Waals surface area contributed by atoms with Crippen molar-refractivity contribution in [2.75, 3.05) is 26.8 Å². The van der Waals surface area contributed by atoms with Gasteiger partial charge in [-0.15, -0.1) is 0 Å². The van der Waals surface area contributed by atoms with Crippen molar-refractivity contribution in [1.82, 2.24) is 14.3 Å². The lowest BCUT2D eigenvalue weighted by molar-refractivity contribution is -0.0936. The molecule has 3 heterocycles. The maximum absolute atomic E-state index is 13.3. The van der Waals surface area contributed by atoms with Crippen LogP contribution in [0.25, 0.3) is 0 Å². The smallest absolute Gasteiger partial charge is 0.243 e. The minimum Gasteiger partial charge on any atom is -0.497 e. The minimum atomic E-state index is -3.64. The Bertz CT molecular complexity index is 991. The Balaban J connectivity index is 1.69. The van der Waals surface area contributed by atoms with Crippen molar-refractivity contribution in [2.45, 2.75) is 49.5 Å². The summed E-state index contributed by atoms with van der Waals surface area (Å²) in [5.41, 5.74) is 1.21. The lowest BCUT2D eigenvalue weighted by atomic mass is 9.85. The molecule has 0 bridgehead atoms. The Morgan fingerprint density at radius 3 is 2.69 bits per heavy atom. The molecule has 1 unspecified atom stereocenters. The van der Waals surface area contributed by atoms with Crippen molar-refractivity contribution >= 4 is 10.0 Å². The predicted molar refractivity (Wildman–Crippen MR) is 108 cm³/mol.